The summed E-state index contributed by atoms with van der Waals surface area (Å²) < 4.78 is 1.25. The fourth-order valence-corrected chi connectivity index (χ4v) is 4.12. The van der Waals surface area contributed by atoms with Gasteiger partial charge in [-0.05, 0) is 69.3 Å². The molecule has 0 aromatic heterocycles. The minimum atomic E-state index is -1.04. The lowest BCUT2D eigenvalue weighted by atomic mass is 10.0. The van der Waals surface area contributed by atoms with Crippen LogP contribution in [-0.2, 0) is 9.59 Å². The van der Waals surface area contributed by atoms with Gasteiger partial charge in [-0.3, -0.25) is 14.9 Å². The molecule has 1 aromatic rings. The molecule has 0 bridgehead atoms. The lowest BCUT2D eigenvalue weighted by molar-refractivity contribution is -0.136. The maximum Gasteiger partial charge on any atom is 0.335 e. The number of imide groups is 2. The number of nitrogens with one attached hydrogen (secondary N) is 1. The standard InChI is InChI=1S/C13H10Br2N2O3/c1-6-4-7(14)9(8(15)5-6)17-11(19)13(2-3-13)10(18)16-12(17)20/h4-5H,2-3H2,1H3,(H,16,18,20). The maximum absolute atomic E-state index is 12.5. The normalized spacial score (nSPS) is 20.4. The number of anilines is 1. The summed E-state index contributed by atoms with van der Waals surface area (Å²) in [6.07, 6.45) is 0.977. The highest BCUT2D eigenvalue weighted by Crippen LogP contribution is 2.51. The van der Waals surface area contributed by atoms with Gasteiger partial charge in [-0.1, -0.05) is 0 Å². The zero-order chi connectivity index (χ0) is 14.7. The fraction of sp³-hybridized carbons (Fsp3) is 0.308. The molecule has 0 atom stereocenters. The third kappa shape index (κ3) is 1.83. The number of urea groups is 1. The maximum atomic E-state index is 12.5. The first kappa shape index (κ1) is 13.8. The predicted molar refractivity (Wildman–Crippen MR) is 79.3 cm³/mol. The number of benzene rings is 1. The first-order chi connectivity index (χ1) is 9.36. The number of barbiturate groups is 1. The molecule has 20 heavy (non-hydrogen) atoms. The number of hydrogen-bond acceptors (Lipinski definition) is 3. The van der Waals surface area contributed by atoms with Crippen molar-refractivity contribution >= 4 is 55.4 Å². The average Bonchev–Trinajstić information content (AvgIpc) is 3.12. The van der Waals surface area contributed by atoms with Crippen LogP contribution < -0.4 is 10.2 Å². The van der Waals surface area contributed by atoms with Crippen LogP contribution >= 0.6 is 31.9 Å². The second kappa shape index (κ2) is 4.39. The van der Waals surface area contributed by atoms with Gasteiger partial charge in [-0.25, -0.2) is 9.69 Å². The molecule has 1 N–H and O–H groups in total. The van der Waals surface area contributed by atoms with Crippen LogP contribution in [0.25, 0.3) is 0 Å². The summed E-state index contributed by atoms with van der Waals surface area (Å²) >= 11 is 6.75. The average molecular weight is 402 g/mol. The van der Waals surface area contributed by atoms with E-state index >= 15 is 0 Å². The summed E-state index contributed by atoms with van der Waals surface area (Å²) in [5.74, 6) is -0.931. The van der Waals surface area contributed by atoms with E-state index in [0.717, 1.165) is 10.5 Å². The van der Waals surface area contributed by atoms with Gasteiger partial charge in [0.1, 0.15) is 5.41 Å². The second-order valence-corrected chi connectivity index (χ2v) is 6.77. The van der Waals surface area contributed by atoms with Gasteiger partial charge in [-0.2, -0.15) is 0 Å². The number of nitrogens with zero attached hydrogens (tertiary/aromatic N) is 1. The minimum Gasteiger partial charge on any atom is -0.276 e. The van der Waals surface area contributed by atoms with Gasteiger partial charge in [0.05, 0.1) is 5.69 Å². The van der Waals surface area contributed by atoms with Crippen LogP contribution in [0, 0.1) is 12.3 Å². The largest absolute Gasteiger partial charge is 0.335 e. The highest BCUT2D eigenvalue weighted by molar-refractivity contribution is 9.11. The summed E-state index contributed by atoms with van der Waals surface area (Å²) in [7, 11) is 0. The zero-order valence-electron chi connectivity index (χ0n) is 10.5. The van der Waals surface area contributed by atoms with E-state index in [1.807, 2.05) is 19.1 Å². The Hall–Kier alpha value is -1.21. The molecule has 1 aliphatic carbocycles. The van der Waals surface area contributed by atoms with Gasteiger partial charge in [0.2, 0.25) is 5.91 Å². The Balaban J connectivity index is 2.12. The monoisotopic (exact) mass is 400 g/mol. The summed E-state index contributed by atoms with van der Waals surface area (Å²) in [5.41, 5.74) is 0.365. The van der Waals surface area contributed by atoms with Gasteiger partial charge < -0.3 is 0 Å². The number of halogens is 2. The van der Waals surface area contributed by atoms with Crippen molar-refractivity contribution in [3.8, 4) is 0 Å². The van der Waals surface area contributed by atoms with Crippen molar-refractivity contribution in [2.45, 2.75) is 19.8 Å². The molecule has 1 aliphatic heterocycles. The minimum absolute atomic E-state index is 0.428. The lowest BCUT2D eigenvalue weighted by Crippen LogP contribution is -2.59. The molecule has 2 fully saturated rings. The molecule has 1 aromatic carbocycles. The Morgan fingerprint density at radius 3 is 2.20 bits per heavy atom. The first-order valence-electron chi connectivity index (χ1n) is 6.02. The summed E-state index contributed by atoms with van der Waals surface area (Å²) in [6, 6.07) is 2.93. The quantitative estimate of drug-likeness (QED) is 0.735. The molecule has 5 nitrogen and oxygen atoms in total. The Morgan fingerprint density at radius 1 is 1.15 bits per heavy atom. The molecule has 104 valence electrons. The Labute approximate surface area is 132 Å². The number of rotatable bonds is 1. The van der Waals surface area contributed by atoms with E-state index in [9.17, 15) is 14.4 Å². The number of aryl methyl sites for hydroxylation is 1. The van der Waals surface area contributed by atoms with Crippen LogP contribution in [-0.4, -0.2) is 17.8 Å². The summed E-state index contributed by atoms with van der Waals surface area (Å²) in [5, 5.41) is 2.27. The molecule has 1 heterocycles. The smallest absolute Gasteiger partial charge is 0.276 e. The van der Waals surface area contributed by atoms with Crippen LogP contribution in [0.3, 0.4) is 0 Å². The van der Waals surface area contributed by atoms with Crippen LogP contribution in [0.5, 0.6) is 0 Å². The van der Waals surface area contributed by atoms with Crippen molar-refractivity contribution in [2.24, 2.45) is 5.41 Å². The second-order valence-electron chi connectivity index (χ2n) is 5.06. The van der Waals surface area contributed by atoms with E-state index in [0.29, 0.717) is 27.5 Å². The molecule has 7 heteroatoms. The van der Waals surface area contributed by atoms with Crippen LogP contribution in [0.4, 0.5) is 10.5 Å². The Morgan fingerprint density at radius 2 is 1.70 bits per heavy atom. The van der Waals surface area contributed by atoms with E-state index < -0.39 is 23.3 Å². The molecule has 1 spiro atoms. The third-order valence-corrected chi connectivity index (χ3v) is 4.81. The van der Waals surface area contributed by atoms with Crippen LogP contribution in [0.1, 0.15) is 18.4 Å². The molecule has 1 saturated heterocycles. The zero-order valence-corrected chi connectivity index (χ0v) is 13.7. The van der Waals surface area contributed by atoms with Crippen molar-refractivity contribution in [1.29, 1.82) is 0 Å². The van der Waals surface area contributed by atoms with Crippen molar-refractivity contribution in [3.05, 3.63) is 26.6 Å². The van der Waals surface area contributed by atoms with Gasteiger partial charge in [0.25, 0.3) is 5.91 Å². The van der Waals surface area contributed by atoms with Gasteiger partial charge in [0, 0.05) is 8.95 Å². The van der Waals surface area contributed by atoms with E-state index in [4.69, 9.17) is 0 Å². The molecule has 0 unspecified atom stereocenters. The molecule has 0 radical (unpaired) electrons. The summed E-state index contributed by atoms with van der Waals surface area (Å²) in [4.78, 5) is 37.4. The van der Waals surface area contributed by atoms with Gasteiger partial charge >= 0.3 is 6.03 Å². The van der Waals surface area contributed by atoms with E-state index in [1.165, 1.54) is 0 Å². The van der Waals surface area contributed by atoms with Crippen molar-refractivity contribution in [2.75, 3.05) is 4.90 Å². The Kier molecular flexibility index (Phi) is 3.02. The number of carbonyl (C=O) groups excluding carboxylic acids is 3. The predicted octanol–water partition coefficient (Wildman–Crippen LogP) is 2.88. The first-order valence-corrected chi connectivity index (χ1v) is 7.61. The molecular weight excluding hydrogens is 392 g/mol. The topological polar surface area (TPSA) is 66.5 Å². The van der Waals surface area contributed by atoms with Gasteiger partial charge in [-0.15, -0.1) is 0 Å². The molecular formula is C13H10Br2N2O3. The van der Waals surface area contributed by atoms with Crippen molar-refractivity contribution in [3.63, 3.8) is 0 Å². The Bertz CT molecular complexity index is 645. The third-order valence-electron chi connectivity index (χ3n) is 3.61. The molecule has 4 amide bonds. The number of carbonyl (C=O) groups is 3. The lowest BCUT2D eigenvalue weighted by Gasteiger charge is -2.31. The molecule has 2 aliphatic rings. The highest BCUT2D eigenvalue weighted by atomic mass is 79.9. The van der Waals surface area contributed by atoms with Gasteiger partial charge in [0.15, 0.2) is 0 Å². The number of amides is 4. The van der Waals surface area contributed by atoms with Crippen molar-refractivity contribution in [1.82, 2.24) is 5.32 Å². The SMILES string of the molecule is Cc1cc(Br)c(N2C(=O)NC(=O)C3(CC3)C2=O)c(Br)c1. The van der Waals surface area contributed by atoms with Crippen molar-refractivity contribution < 1.29 is 14.4 Å². The molecule has 3 rings (SSSR count). The fourth-order valence-electron chi connectivity index (χ4n) is 2.35. The van der Waals surface area contributed by atoms with E-state index in [2.05, 4.69) is 37.2 Å². The number of hydrogen-bond donors (Lipinski definition) is 1. The van der Waals surface area contributed by atoms with E-state index in [-0.39, 0.29) is 0 Å². The van der Waals surface area contributed by atoms with Crippen LogP contribution in [0.15, 0.2) is 21.1 Å². The molecule has 1 saturated carbocycles. The van der Waals surface area contributed by atoms with E-state index in [1.54, 1.807) is 0 Å². The van der Waals surface area contributed by atoms with Crippen LogP contribution in [0.2, 0.25) is 0 Å². The summed E-state index contributed by atoms with van der Waals surface area (Å²) in [6.45, 7) is 1.91. The highest BCUT2D eigenvalue weighted by Gasteiger charge is 2.62.